The summed E-state index contributed by atoms with van der Waals surface area (Å²) in [5, 5.41) is 11.1. The van der Waals surface area contributed by atoms with Gasteiger partial charge in [-0.3, -0.25) is 9.48 Å². The van der Waals surface area contributed by atoms with Crippen molar-refractivity contribution in [3.05, 3.63) is 33.5 Å². The van der Waals surface area contributed by atoms with E-state index >= 15 is 0 Å². The standard InChI is InChI=1S/C18H26N6O2S/c1-12-16(27-13(2)21-12)4-7-19-18(26)24-8-5-15(6-9-24)22-17(25)14-10-20-23(3)11-14/h10-11,15H,4-9H2,1-3H3,(H,19,26)(H,22,25). The summed E-state index contributed by atoms with van der Waals surface area (Å²) < 4.78 is 1.61. The van der Waals surface area contributed by atoms with Crippen LogP contribution in [0.25, 0.3) is 0 Å². The van der Waals surface area contributed by atoms with Crippen LogP contribution in [0.3, 0.4) is 0 Å². The largest absolute Gasteiger partial charge is 0.349 e. The average Bonchev–Trinajstić information content (AvgIpc) is 3.20. The number of piperidine rings is 1. The van der Waals surface area contributed by atoms with Gasteiger partial charge in [0.15, 0.2) is 0 Å². The average molecular weight is 391 g/mol. The van der Waals surface area contributed by atoms with Gasteiger partial charge in [0.1, 0.15) is 0 Å². The first-order valence-corrected chi connectivity index (χ1v) is 9.99. The third-order valence-electron chi connectivity index (χ3n) is 4.71. The molecule has 9 heteroatoms. The monoisotopic (exact) mass is 390 g/mol. The zero-order chi connectivity index (χ0) is 19.4. The van der Waals surface area contributed by atoms with E-state index in [2.05, 4.69) is 20.7 Å². The highest BCUT2D eigenvalue weighted by atomic mass is 32.1. The predicted octanol–water partition coefficient (Wildman–Crippen LogP) is 1.64. The Labute approximate surface area is 163 Å². The van der Waals surface area contributed by atoms with Gasteiger partial charge in [-0.1, -0.05) is 0 Å². The summed E-state index contributed by atoms with van der Waals surface area (Å²) in [4.78, 5) is 32.0. The van der Waals surface area contributed by atoms with Crippen LogP contribution in [-0.2, 0) is 13.5 Å². The summed E-state index contributed by atoms with van der Waals surface area (Å²) in [7, 11) is 1.78. The van der Waals surface area contributed by atoms with E-state index < -0.39 is 0 Å². The molecule has 0 aromatic carbocycles. The molecule has 1 aliphatic heterocycles. The van der Waals surface area contributed by atoms with Gasteiger partial charge in [0.25, 0.3) is 5.91 Å². The van der Waals surface area contributed by atoms with E-state index in [1.165, 1.54) is 4.88 Å². The number of carbonyl (C=O) groups excluding carboxylic acids is 2. The van der Waals surface area contributed by atoms with Crippen LogP contribution in [-0.4, -0.2) is 57.3 Å². The number of urea groups is 1. The first-order chi connectivity index (χ1) is 12.9. The molecule has 3 amide bonds. The fraction of sp³-hybridized carbons (Fsp3) is 0.556. The van der Waals surface area contributed by atoms with Crippen LogP contribution < -0.4 is 10.6 Å². The predicted molar refractivity (Wildman–Crippen MR) is 104 cm³/mol. The lowest BCUT2D eigenvalue weighted by Gasteiger charge is -2.32. The SMILES string of the molecule is Cc1nc(C)c(CCNC(=O)N2CCC(NC(=O)c3cnn(C)c3)CC2)s1. The number of aromatic nitrogens is 3. The minimum absolute atomic E-state index is 0.0362. The van der Waals surface area contributed by atoms with E-state index in [0.717, 1.165) is 30.0 Å². The molecule has 146 valence electrons. The third kappa shape index (κ3) is 5.06. The van der Waals surface area contributed by atoms with Crippen LogP contribution in [0.1, 0.15) is 38.8 Å². The summed E-state index contributed by atoms with van der Waals surface area (Å²) in [5.74, 6) is -0.110. The number of likely N-dealkylation sites (tertiary alicyclic amines) is 1. The molecule has 8 nitrogen and oxygen atoms in total. The van der Waals surface area contributed by atoms with Crippen molar-refractivity contribution in [2.24, 2.45) is 7.05 Å². The molecule has 27 heavy (non-hydrogen) atoms. The van der Waals surface area contributed by atoms with Gasteiger partial charge < -0.3 is 15.5 Å². The van der Waals surface area contributed by atoms with Gasteiger partial charge in [-0.2, -0.15) is 5.10 Å². The van der Waals surface area contributed by atoms with Crippen LogP contribution in [0.4, 0.5) is 4.79 Å². The summed E-state index contributed by atoms with van der Waals surface area (Å²) in [6.45, 7) is 5.90. The number of nitrogens with zero attached hydrogens (tertiary/aromatic N) is 4. The van der Waals surface area contributed by atoms with Crippen molar-refractivity contribution < 1.29 is 9.59 Å². The number of rotatable bonds is 5. The fourth-order valence-corrected chi connectivity index (χ4v) is 4.17. The Balaban J connectivity index is 1.38. The molecule has 1 fully saturated rings. The summed E-state index contributed by atoms with van der Waals surface area (Å²) in [5.41, 5.74) is 1.61. The Morgan fingerprint density at radius 3 is 2.63 bits per heavy atom. The molecule has 1 aliphatic rings. The number of thiazole rings is 1. The topological polar surface area (TPSA) is 92.2 Å². The van der Waals surface area contributed by atoms with E-state index in [4.69, 9.17) is 0 Å². The van der Waals surface area contributed by atoms with Gasteiger partial charge in [-0.25, -0.2) is 9.78 Å². The molecule has 0 radical (unpaired) electrons. The molecule has 3 heterocycles. The second kappa shape index (κ2) is 8.51. The molecular formula is C18H26N6O2S. The quantitative estimate of drug-likeness (QED) is 0.812. The molecule has 1 saturated heterocycles. The molecule has 2 N–H and O–H groups in total. The van der Waals surface area contributed by atoms with E-state index in [1.807, 2.05) is 18.7 Å². The van der Waals surface area contributed by atoms with Crippen LogP contribution in [0.5, 0.6) is 0 Å². The second-order valence-electron chi connectivity index (χ2n) is 6.86. The molecule has 0 unspecified atom stereocenters. The second-order valence-corrected chi connectivity index (χ2v) is 8.15. The minimum Gasteiger partial charge on any atom is -0.349 e. The van der Waals surface area contributed by atoms with Crippen molar-refractivity contribution in [2.45, 2.75) is 39.2 Å². The smallest absolute Gasteiger partial charge is 0.317 e. The van der Waals surface area contributed by atoms with E-state index in [1.54, 1.807) is 35.5 Å². The van der Waals surface area contributed by atoms with E-state index in [0.29, 0.717) is 25.2 Å². The van der Waals surface area contributed by atoms with Crippen molar-refractivity contribution in [3.8, 4) is 0 Å². The Bertz CT molecular complexity index is 807. The molecule has 0 spiro atoms. The van der Waals surface area contributed by atoms with Gasteiger partial charge in [-0.05, 0) is 26.7 Å². The number of hydrogen-bond donors (Lipinski definition) is 2. The Hall–Kier alpha value is -2.42. The number of amides is 3. The molecule has 0 bridgehead atoms. The summed E-state index contributed by atoms with van der Waals surface area (Å²) >= 11 is 1.69. The first kappa shape index (κ1) is 19.3. The molecule has 0 atom stereocenters. The van der Waals surface area contributed by atoms with Gasteiger partial charge in [-0.15, -0.1) is 11.3 Å². The number of aryl methyl sites for hydroxylation is 3. The zero-order valence-corrected chi connectivity index (χ0v) is 16.8. The third-order valence-corrected chi connectivity index (χ3v) is 5.84. The highest BCUT2D eigenvalue weighted by Gasteiger charge is 2.24. The van der Waals surface area contributed by atoms with Crippen molar-refractivity contribution in [3.63, 3.8) is 0 Å². The summed E-state index contributed by atoms with van der Waals surface area (Å²) in [6, 6.07) is 0.0514. The first-order valence-electron chi connectivity index (χ1n) is 9.17. The van der Waals surface area contributed by atoms with Crippen LogP contribution in [0, 0.1) is 13.8 Å². The lowest BCUT2D eigenvalue weighted by molar-refractivity contribution is 0.0918. The molecule has 0 saturated carbocycles. The fourth-order valence-electron chi connectivity index (χ4n) is 3.23. The van der Waals surface area contributed by atoms with Crippen molar-refractivity contribution in [1.82, 2.24) is 30.3 Å². The molecule has 0 aliphatic carbocycles. The van der Waals surface area contributed by atoms with E-state index in [9.17, 15) is 9.59 Å². The molecule has 2 aromatic heterocycles. The lowest BCUT2D eigenvalue weighted by atomic mass is 10.0. The molecular weight excluding hydrogens is 364 g/mol. The Kier molecular flexibility index (Phi) is 6.10. The Morgan fingerprint density at radius 2 is 2.04 bits per heavy atom. The maximum absolute atomic E-state index is 12.3. The summed E-state index contributed by atoms with van der Waals surface area (Å²) in [6.07, 6.45) is 5.58. The van der Waals surface area contributed by atoms with Crippen molar-refractivity contribution >= 4 is 23.3 Å². The van der Waals surface area contributed by atoms with Crippen LogP contribution >= 0.6 is 11.3 Å². The maximum atomic E-state index is 12.3. The van der Waals surface area contributed by atoms with Gasteiger partial charge in [0.2, 0.25) is 0 Å². The van der Waals surface area contributed by atoms with Crippen molar-refractivity contribution in [1.29, 1.82) is 0 Å². The lowest BCUT2D eigenvalue weighted by Crippen LogP contribution is -2.49. The minimum atomic E-state index is -0.110. The highest BCUT2D eigenvalue weighted by Crippen LogP contribution is 2.17. The van der Waals surface area contributed by atoms with Gasteiger partial charge in [0.05, 0.1) is 22.5 Å². The zero-order valence-electron chi connectivity index (χ0n) is 16.0. The van der Waals surface area contributed by atoms with Crippen molar-refractivity contribution in [2.75, 3.05) is 19.6 Å². The van der Waals surface area contributed by atoms with Crippen LogP contribution in [0.2, 0.25) is 0 Å². The molecule has 3 rings (SSSR count). The van der Waals surface area contributed by atoms with Gasteiger partial charge in [0, 0.05) is 50.2 Å². The number of hydrogen-bond acceptors (Lipinski definition) is 5. The number of carbonyl (C=O) groups is 2. The Morgan fingerprint density at radius 1 is 1.30 bits per heavy atom. The van der Waals surface area contributed by atoms with Crippen LogP contribution in [0.15, 0.2) is 12.4 Å². The van der Waals surface area contributed by atoms with Gasteiger partial charge >= 0.3 is 6.03 Å². The highest BCUT2D eigenvalue weighted by molar-refractivity contribution is 7.11. The molecule has 2 aromatic rings. The van der Waals surface area contributed by atoms with E-state index in [-0.39, 0.29) is 18.0 Å². The normalized spacial score (nSPS) is 15.0. The number of nitrogens with one attached hydrogen (secondary N) is 2. The maximum Gasteiger partial charge on any atom is 0.317 e.